The predicted molar refractivity (Wildman–Crippen MR) is 109 cm³/mol. The van der Waals surface area contributed by atoms with Gasteiger partial charge in [-0.1, -0.05) is 42.5 Å². The number of aromatic nitrogens is 1. The fourth-order valence-electron chi connectivity index (χ4n) is 3.78. The average molecular weight is 373 g/mol. The fourth-order valence-corrected chi connectivity index (χ4v) is 3.78. The van der Waals surface area contributed by atoms with Crippen molar-refractivity contribution >= 4 is 22.6 Å². The Hall–Kier alpha value is -3.21. The molecule has 1 aliphatic heterocycles. The molecular formula is C23H23N3O2. The maximum Gasteiger partial charge on any atom is 0.254 e. The van der Waals surface area contributed by atoms with Gasteiger partial charge in [-0.2, -0.15) is 0 Å². The van der Waals surface area contributed by atoms with E-state index in [1.54, 1.807) is 6.20 Å². The Morgan fingerprint density at radius 3 is 2.71 bits per heavy atom. The SMILES string of the molecule is O=C(NCc1ccccn1)C1CCCN(C(=O)c2cccc3ccccc23)C1. The van der Waals surface area contributed by atoms with Gasteiger partial charge in [0.2, 0.25) is 5.91 Å². The molecule has 28 heavy (non-hydrogen) atoms. The number of nitrogens with zero attached hydrogens (tertiary/aromatic N) is 2. The number of fused-ring (bicyclic) bond motifs is 1. The molecule has 1 N–H and O–H groups in total. The van der Waals surface area contributed by atoms with E-state index in [2.05, 4.69) is 10.3 Å². The quantitative estimate of drug-likeness (QED) is 0.762. The van der Waals surface area contributed by atoms with Gasteiger partial charge in [-0.3, -0.25) is 14.6 Å². The minimum absolute atomic E-state index is 0.000902. The van der Waals surface area contributed by atoms with E-state index in [4.69, 9.17) is 0 Å². The average Bonchev–Trinajstić information content (AvgIpc) is 2.77. The van der Waals surface area contributed by atoms with Gasteiger partial charge in [0.1, 0.15) is 0 Å². The molecule has 2 heterocycles. The van der Waals surface area contributed by atoms with E-state index in [1.165, 1.54) is 0 Å². The highest BCUT2D eigenvalue weighted by atomic mass is 16.2. The van der Waals surface area contributed by atoms with Gasteiger partial charge in [0.15, 0.2) is 0 Å². The molecule has 1 atom stereocenters. The number of nitrogens with one attached hydrogen (secondary N) is 1. The van der Waals surface area contributed by atoms with E-state index in [9.17, 15) is 9.59 Å². The first-order chi connectivity index (χ1) is 13.7. The number of likely N-dealkylation sites (tertiary alicyclic amines) is 1. The summed E-state index contributed by atoms with van der Waals surface area (Å²) in [7, 11) is 0. The van der Waals surface area contributed by atoms with E-state index in [1.807, 2.05) is 65.6 Å². The molecule has 2 amide bonds. The van der Waals surface area contributed by atoms with Gasteiger partial charge in [-0.25, -0.2) is 0 Å². The highest BCUT2D eigenvalue weighted by molar-refractivity contribution is 6.07. The Balaban J connectivity index is 1.44. The van der Waals surface area contributed by atoms with Crippen LogP contribution in [0.2, 0.25) is 0 Å². The molecule has 1 saturated heterocycles. The van der Waals surface area contributed by atoms with Crippen LogP contribution in [-0.2, 0) is 11.3 Å². The highest BCUT2D eigenvalue weighted by Crippen LogP contribution is 2.23. The van der Waals surface area contributed by atoms with Crippen molar-refractivity contribution in [1.82, 2.24) is 15.2 Å². The summed E-state index contributed by atoms with van der Waals surface area (Å²) < 4.78 is 0. The molecular weight excluding hydrogens is 350 g/mol. The summed E-state index contributed by atoms with van der Waals surface area (Å²) in [5.41, 5.74) is 1.53. The van der Waals surface area contributed by atoms with Crippen molar-refractivity contribution in [3.8, 4) is 0 Å². The lowest BCUT2D eigenvalue weighted by Crippen LogP contribution is -2.45. The molecule has 3 aromatic rings. The van der Waals surface area contributed by atoms with E-state index < -0.39 is 0 Å². The number of carbonyl (C=O) groups is 2. The molecule has 1 unspecified atom stereocenters. The first-order valence-corrected chi connectivity index (χ1v) is 9.67. The van der Waals surface area contributed by atoms with Crippen molar-refractivity contribution in [3.05, 3.63) is 78.1 Å². The van der Waals surface area contributed by atoms with Crippen molar-refractivity contribution in [3.63, 3.8) is 0 Å². The third kappa shape index (κ3) is 3.88. The standard InChI is InChI=1S/C23H23N3O2/c27-22(25-15-19-10-3-4-13-24-19)18-9-6-14-26(16-18)23(28)21-12-5-8-17-7-1-2-11-20(17)21/h1-5,7-8,10-13,18H,6,9,14-16H2,(H,25,27). The van der Waals surface area contributed by atoms with Crippen LogP contribution in [0, 0.1) is 5.92 Å². The first-order valence-electron chi connectivity index (χ1n) is 9.67. The van der Waals surface area contributed by atoms with Crippen LogP contribution in [0.5, 0.6) is 0 Å². The molecule has 0 aliphatic carbocycles. The van der Waals surface area contributed by atoms with Crippen LogP contribution in [0.3, 0.4) is 0 Å². The summed E-state index contributed by atoms with van der Waals surface area (Å²) in [6, 6.07) is 19.3. The maximum atomic E-state index is 13.1. The summed E-state index contributed by atoms with van der Waals surface area (Å²) in [5.74, 6) is -0.198. The molecule has 1 aliphatic rings. The molecule has 5 nitrogen and oxygen atoms in total. The number of hydrogen-bond donors (Lipinski definition) is 1. The van der Waals surface area contributed by atoms with Gasteiger partial charge < -0.3 is 10.2 Å². The predicted octanol–water partition coefficient (Wildman–Crippen LogP) is 3.40. The van der Waals surface area contributed by atoms with Gasteiger partial charge in [0.25, 0.3) is 5.91 Å². The van der Waals surface area contributed by atoms with Gasteiger partial charge in [0, 0.05) is 24.8 Å². The number of carbonyl (C=O) groups excluding carboxylic acids is 2. The monoisotopic (exact) mass is 373 g/mol. The van der Waals surface area contributed by atoms with Gasteiger partial charge in [0.05, 0.1) is 18.2 Å². The zero-order chi connectivity index (χ0) is 19.3. The summed E-state index contributed by atoms with van der Waals surface area (Å²) in [5, 5.41) is 4.96. The molecule has 0 bridgehead atoms. The van der Waals surface area contributed by atoms with Crippen LogP contribution in [0.4, 0.5) is 0 Å². The maximum absolute atomic E-state index is 13.1. The molecule has 5 heteroatoms. The number of piperidine rings is 1. The highest BCUT2D eigenvalue weighted by Gasteiger charge is 2.29. The lowest BCUT2D eigenvalue weighted by atomic mass is 9.95. The van der Waals surface area contributed by atoms with Crippen molar-refractivity contribution in [1.29, 1.82) is 0 Å². The Morgan fingerprint density at radius 1 is 1.04 bits per heavy atom. The molecule has 0 radical (unpaired) electrons. The fraction of sp³-hybridized carbons (Fsp3) is 0.261. The molecule has 0 spiro atoms. The molecule has 4 rings (SSSR count). The van der Waals surface area contributed by atoms with Gasteiger partial charge in [-0.05, 0) is 41.8 Å². The van der Waals surface area contributed by atoms with Crippen LogP contribution in [0.15, 0.2) is 66.9 Å². The molecule has 1 aromatic heterocycles. The van der Waals surface area contributed by atoms with Gasteiger partial charge in [-0.15, -0.1) is 0 Å². The lowest BCUT2D eigenvalue weighted by molar-refractivity contribution is -0.126. The van der Waals surface area contributed by atoms with Crippen LogP contribution in [0.1, 0.15) is 28.9 Å². The van der Waals surface area contributed by atoms with Crippen LogP contribution >= 0.6 is 0 Å². The smallest absolute Gasteiger partial charge is 0.254 e. The normalized spacial score (nSPS) is 16.7. The van der Waals surface area contributed by atoms with E-state index in [0.29, 0.717) is 25.2 Å². The minimum Gasteiger partial charge on any atom is -0.350 e. The van der Waals surface area contributed by atoms with Crippen LogP contribution in [0.25, 0.3) is 10.8 Å². The number of amides is 2. The Kier molecular flexibility index (Phi) is 5.33. The topological polar surface area (TPSA) is 62.3 Å². The lowest BCUT2D eigenvalue weighted by Gasteiger charge is -2.32. The third-order valence-corrected chi connectivity index (χ3v) is 5.27. The first kappa shape index (κ1) is 18.2. The van der Waals surface area contributed by atoms with Crippen molar-refractivity contribution < 1.29 is 9.59 Å². The van der Waals surface area contributed by atoms with Gasteiger partial charge >= 0.3 is 0 Å². The van der Waals surface area contributed by atoms with E-state index in [-0.39, 0.29) is 17.7 Å². The van der Waals surface area contributed by atoms with E-state index >= 15 is 0 Å². The number of rotatable bonds is 4. The largest absolute Gasteiger partial charge is 0.350 e. The van der Waals surface area contributed by atoms with Crippen molar-refractivity contribution in [2.24, 2.45) is 5.92 Å². The van der Waals surface area contributed by atoms with Crippen molar-refractivity contribution in [2.75, 3.05) is 13.1 Å². The summed E-state index contributed by atoms with van der Waals surface area (Å²) >= 11 is 0. The molecule has 1 fully saturated rings. The Morgan fingerprint density at radius 2 is 1.86 bits per heavy atom. The summed E-state index contributed by atoms with van der Waals surface area (Å²) in [6.07, 6.45) is 3.35. The third-order valence-electron chi connectivity index (χ3n) is 5.27. The second-order valence-corrected chi connectivity index (χ2v) is 7.16. The number of benzene rings is 2. The van der Waals surface area contributed by atoms with E-state index in [0.717, 1.165) is 29.3 Å². The minimum atomic E-state index is -0.184. The Bertz CT molecular complexity index is 982. The van der Waals surface area contributed by atoms with Crippen LogP contribution < -0.4 is 5.32 Å². The summed E-state index contributed by atoms with van der Waals surface area (Å²) in [4.78, 5) is 31.8. The Labute approximate surface area is 164 Å². The molecule has 2 aromatic carbocycles. The van der Waals surface area contributed by atoms with Crippen LogP contribution in [-0.4, -0.2) is 34.8 Å². The zero-order valence-corrected chi connectivity index (χ0v) is 15.7. The second-order valence-electron chi connectivity index (χ2n) is 7.16. The molecule has 142 valence electrons. The van der Waals surface area contributed by atoms with Crippen molar-refractivity contribution in [2.45, 2.75) is 19.4 Å². The number of pyridine rings is 1. The molecule has 0 saturated carbocycles. The second kappa shape index (κ2) is 8.21. The summed E-state index contributed by atoms with van der Waals surface area (Å²) in [6.45, 7) is 1.55. The number of hydrogen-bond acceptors (Lipinski definition) is 3. The zero-order valence-electron chi connectivity index (χ0n) is 15.7.